The van der Waals surface area contributed by atoms with Gasteiger partial charge in [0.25, 0.3) is 0 Å². The third kappa shape index (κ3) is 8.30. The molecule has 0 saturated heterocycles. The maximum Gasteiger partial charge on any atom is 0.411 e. The van der Waals surface area contributed by atoms with Crippen LogP contribution in [0.25, 0.3) is 11.1 Å². The van der Waals surface area contributed by atoms with Gasteiger partial charge in [0.15, 0.2) is 11.6 Å². The van der Waals surface area contributed by atoms with E-state index in [0.29, 0.717) is 55.7 Å². The normalized spacial score (nSPS) is 11.8. The zero-order valence-corrected chi connectivity index (χ0v) is 25.3. The van der Waals surface area contributed by atoms with Crippen molar-refractivity contribution >= 4 is 29.4 Å². The van der Waals surface area contributed by atoms with Crippen molar-refractivity contribution in [2.24, 2.45) is 0 Å². The molecule has 10 heteroatoms. The standard InChI is InChI=1S/C34H38N2O8/c1-35-33(39)43-20-22-8-12-25(13-9-22)36-34(40)44-21-30-28-18-23(31(37)6-4-16-41-2)10-14-26(28)27-15-11-24(19-29(27)30)32(38)7-5-17-42-3/h8-15,18-19,30H,4-7,16-17,20-21H2,1-3H3,(H,35,39)(H,36,40). The number of alkyl carbamates (subject to hydrolysis) is 1. The first-order valence-electron chi connectivity index (χ1n) is 14.5. The van der Waals surface area contributed by atoms with Crippen LogP contribution in [0.1, 0.15) is 69.0 Å². The summed E-state index contributed by atoms with van der Waals surface area (Å²) in [5, 5.41) is 5.10. The molecular formula is C34H38N2O8. The number of carbonyl (C=O) groups excluding carboxylic acids is 4. The number of benzene rings is 3. The lowest BCUT2D eigenvalue weighted by atomic mass is 9.93. The van der Waals surface area contributed by atoms with E-state index in [4.69, 9.17) is 18.9 Å². The average molecular weight is 603 g/mol. The van der Waals surface area contributed by atoms with Crippen molar-refractivity contribution in [3.05, 3.63) is 88.5 Å². The van der Waals surface area contributed by atoms with Gasteiger partial charge in [-0.05, 0) is 64.9 Å². The van der Waals surface area contributed by atoms with Crippen LogP contribution >= 0.6 is 0 Å². The Bertz CT molecular complexity index is 1410. The molecule has 0 heterocycles. The molecule has 0 saturated carbocycles. The van der Waals surface area contributed by atoms with Crippen LogP contribution in [0.5, 0.6) is 0 Å². The van der Waals surface area contributed by atoms with Crippen molar-refractivity contribution in [2.45, 2.75) is 38.2 Å². The molecule has 10 nitrogen and oxygen atoms in total. The van der Waals surface area contributed by atoms with Gasteiger partial charge in [-0.2, -0.15) is 0 Å². The molecule has 1 aliphatic rings. The first-order valence-corrected chi connectivity index (χ1v) is 14.5. The van der Waals surface area contributed by atoms with Gasteiger partial charge < -0.3 is 24.3 Å². The van der Waals surface area contributed by atoms with Gasteiger partial charge in [-0.3, -0.25) is 14.9 Å². The van der Waals surface area contributed by atoms with Gasteiger partial charge >= 0.3 is 12.2 Å². The van der Waals surface area contributed by atoms with Gasteiger partial charge in [0.05, 0.1) is 0 Å². The summed E-state index contributed by atoms with van der Waals surface area (Å²) >= 11 is 0. The summed E-state index contributed by atoms with van der Waals surface area (Å²) in [4.78, 5) is 50.0. The lowest BCUT2D eigenvalue weighted by Gasteiger charge is -2.16. The van der Waals surface area contributed by atoms with Crippen LogP contribution in [0, 0.1) is 0 Å². The van der Waals surface area contributed by atoms with E-state index in [1.54, 1.807) is 38.5 Å². The Morgan fingerprint density at radius 1 is 0.705 bits per heavy atom. The predicted molar refractivity (Wildman–Crippen MR) is 165 cm³/mol. The van der Waals surface area contributed by atoms with E-state index in [1.165, 1.54) is 7.05 Å². The minimum absolute atomic E-state index is 0.00647. The summed E-state index contributed by atoms with van der Waals surface area (Å²) in [5.41, 5.74) is 6.05. The molecule has 3 aromatic rings. The molecule has 2 N–H and O–H groups in total. The van der Waals surface area contributed by atoms with Crippen molar-refractivity contribution in [3.8, 4) is 11.1 Å². The van der Waals surface area contributed by atoms with Gasteiger partial charge in [-0.15, -0.1) is 0 Å². The first kappa shape index (κ1) is 32.4. The number of fused-ring (bicyclic) bond motifs is 3. The van der Waals surface area contributed by atoms with Crippen LogP contribution in [-0.4, -0.2) is 64.8 Å². The van der Waals surface area contributed by atoms with E-state index < -0.39 is 12.2 Å². The Balaban J connectivity index is 1.51. The smallest absolute Gasteiger partial charge is 0.411 e. The molecule has 0 aromatic heterocycles. The minimum atomic E-state index is -0.645. The maximum atomic E-state index is 12.9. The van der Waals surface area contributed by atoms with Crippen molar-refractivity contribution in [3.63, 3.8) is 0 Å². The van der Waals surface area contributed by atoms with E-state index in [-0.39, 0.29) is 30.7 Å². The third-order valence-corrected chi connectivity index (χ3v) is 7.45. The molecule has 0 unspecified atom stereocenters. The molecule has 0 spiro atoms. The quantitative estimate of drug-likeness (QED) is 0.157. The summed E-state index contributed by atoms with van der Waals surface area (Å²) in [6.07, 6.45) is 0.787. The molecule has 4 rings (SSSR count). The second kappa shape index (κ2) is 15.8. The molecule has 0 atom stereocenters. The summed E-state index contributed by atoms with van der Waals surface area (Å²) in [6, 6.07) is 18.1. The highest BCUT2D eigenvalue weighted by atomic mass is 16.6. The van der Waals surface area contributed by atoms with Gasteiger partial charge in [0, 0.05) is 70.1 Å². The number of amides is 2. The molecule has 0 radical (unpaired) electrons. The predicted octanol–water partition coefficient (Wildman–Crippen LogP) is 6.12. The van der Waals surface area contributed by atoms with Crippen LogP contribution in [0.15, 0.2) is 60.7 Å². The molecular weight excluding hydrogens is 564 g/mol. The van der Waals surface area contributed by atoms with Crippen LogP contribution in [0.3, 0.4) is 0 Å². The highest BCUT2D eigenvalue weighted by Crippen LogP contribution is 2.46. The monoisotopic (exact) mass is 602 g/mol. The van der Waals surface area contributed by atoms with Crippen molar-refractivity contribution < 1.29 is 38.1 Å². The molecule has 0 aliphatic heterocycles. The van der Waals surface area contributed by atoms with Crippen molar-refractivity contribution in [1.82, 2.24) is 5.32 Å². The molecule has 232 valence electrons. The van der Waals surface area contributed by atoms with E-state index in [1.807, 2.05) is 36.4 Å². The number of anilines is 1. The molecule has 0 bridgehead atoms. The minimum Gasteiger partial charge on any atom is -0.448 e. The fourth-order valence-corrected chi connectivity index (χ4v) is 5.15. The van der Waals surface area contributed by atoms with Gasteiger partial charge in [0.1, 0.15) is 13.2 Å². The van der Waals surface area contributed by atoms with Crippen LogP contribution in [0.2, 0.25) is 0 Å². The Morgan fingerprint density at radius 2 is 1.25 bits per heavy atom. The molecule has 3 aromatic carbocycles. The second-order valence-corrected chi connectivity index (χ2v) is 10.4. The number of methoxy groups -OCH3 is 2. The Morgan fingerprint density at radius 3 is 1.75 bits per heavy atom. The van der Waals surface area contributed by atoms with E-state index >= 15 is 0 Å². The lowest BCUT2D eigenvalue weighted by molar-refractivity contribution is 0.0956. The van der Waals surface area contributed by atoms with Gasteiger partial charge in [0.2, 0.25) is 0 Å². The summed E-state index contributed by atoms with van der Waals surface area (Å²) in [6.45, 7) is 1.11. The molecule has 44 heavy (non-hydrogen) atoms. The van der Waals surface area contributed by atoms with E-state index in [2.05, 4.69) is 10.6 Å². The maximum absolute atomic E-state index is 12.9. The highest BCUT2D eigenvalue weighted by Gasteiger charge is 2.31. The largest absolute Gasteiger partial charge is 0.448 e. The summed E-state index contributed by atoms with van der Waals surface area (Å²) in [7, 11) is 4.69. The summed E-state index contributed by atoms with van der Waals surface area (Å²) < 4.78 is 20.9. The topological polar surface area (TPSA) is 129 Å². The number of ketones is 2. The second-order valence-electron chi connectivity index (χ2n) is 10.4. The third-order valence-electron chi connectivity index (χ3n) is 7.45. The Kier molecular flexibility index (Phi) is 11.6. The number of hydrogen-bond donors (Lipinski definition) is 2. The van der Waals surface area contributed by atoms with Crippen LogP contribution in [0.4, 0.5) is 15.3 Å². The van der Waals surface area contributed by atoms with Crippen LogP contribution < -0.4 is 10.6 Å². The number of nitrogens with one attached hydrogen (secondary N) is 2. The Hall–Kier alpha value is -4.54. The molecule has 0 fully saturated rings. The van der Waals surface area contributed by atoms with Gasteiger partial charge in [-0.25, -0.2) is 9.59 Å². The number of ether oxygens (including phenoxy) is 4. The SMILES string of the molecule is CNC(=O)OCc1ccc(NC(=O)OCC2c3cc(C(=O)CCCOC)ccc3-c3ccc(C(=O)CCCOC)cc32)cc1. The number of Topliss-reactive ketones (excluding diaryl/α,β-unsaturated/α-hetero) is 2. The van der Waals surface area contributed by atoms with Crippen molar-refractivity contribution in [2.75, 3.05) is 46.4 Å². The van der Waals surface area contributed by atoms with Crippen LogP contribution in [-0.2, 0) is 25.6 Å². The number of rotatable bonds is 15. The number of hydrogen-bond acceptors (Lipinski definition) is 8. The van der Waals surface area contributed by atoms with E-state index in [9.17, 15) is 19.2 Å². The first-order chi connectivity index (χ1) is 21.3. The number of carbonyl (C=O) groups is 4. The summed E-state index contributed by atoms with van der Waals surface area (Å²) in [5.74, 6) is -0.346. The molecule has 1 aliphatic carbocycles. The highest BCUT2D eigenvalue weighted by molar-refractivity contribution is 5.99. The van der Waals surface area contributed by atoms with Gasteiger partial charge in [-0.1, -0.05) is 36.4 Å². The zero-order valence-electron chi connectivity index (χ0n) is 25.3. The Labute approximate surface area is 257 Å². The molecule has 2 amide bonds. The zero-order chi connectivity index (χ0) is 31.5. The fraction of sp³-hybridized carbons (Fsp3) is 0.353. The average Bonchev–Trinajstić information content (AvgIpc) is 3.35. The lowest BCUT2D eigenvalue weighted by Crippen LogP contribution is -2.19. The fourth-order valence-electron chi connectivity index (χ4n) is 5.15. The van der Waals surface area contributed by atoms with Crippen molar-refractivity contribution in [1.29, 1.82) is 0 Å². The van der Waals surface area contributed by atoms with E-state index in [0.717, 1.165) is 27.8 Å².